The smallest absolute Gasteiger partial charge is 0.0931 e. The quantitative estimate of drug-likeness (QED) is 0.878. The van der Waals surface area contributed by atoms with Gasteiger partial charge in [-0.05, 0) is 43.7 Å². The molecule has 0 aliphatic carbocycles. The van der Waals surface area contributed by atoms with Gasteiger partial charge >= 0.3 is 0 Å². The molecule has 2 rings (SSSR count). The van der Waals surface area contributed by atoms with Crippen LogP contribution in [0.25, 0.3) is 0 Å². The Kier molecular flexibility index (Phi) is 5.52. The highest BCUT2D eigenvalue weighted by Gasteiger charge is 2.17. The van der Waals surface area contributed by atoms with Gasteiger partial charge in [-0.3, -0.25) is 0 Å². The van der Waals surface area contributed by atoms with Crippen LogP contribution < -0.4 is 5.32 Å². The van der Waals surface area contributed by atoms with E-state index < -0.39 is 0 Å². The first kappa shape index (κ1) is 15.4. The molecule has 5 heteroatoms. The van der Waals surface area contributed by atoms with Crippen LogP contribution in [-0.2, 0) is 12.8 Å². The fraction of sp³-hybridized carbons (Fsp3) is 0.467. The van der Waals surface area contributed by atoms with Crippen molar-refractivity contribution < 1.29 is 0 Å². The number of aryl methyl sites for hydroxylation is 2. The van der Waals surface area contributed by atoms with Crippen molar-refractivity contribution in [3.05, 3.63) is 44.4 Å². The lowest BCUT2D eigenvalue weighted by molar-refractivity contribution is 0.543. The predicted molar refractivity (Wildman–Crippen MR) is 85.6 cm³/mol. The largest absolute Gasteiger partial charge is 0.310 e. The lowest BCUT2D eigenvalue weighted by Gasteiger charge is -2.20. The summed E-state index contributed by atoms with van der Waals surface area (Å²) in [5.74, 6) is 0. The molecule has 1 N–H and O–H groups in total. The zero-order valence-electron chi connectivity index (χ0n) is 12.1. The highest BCUT2D eigenvalue weighted by Crippen LogP contribution is 2.28. The summed E-state index contributed by atoms with van der Waals surface area (Å²) >= 11 is 7.67. The van der Waals surface area contributed by atoms with Crippen molar-refractivity contribution in [2.75, 3.05) is 6.54 Å². The number of rotatable bonds is 6. The maximum Gasteiger partial charge on any atom is 0.0931 e. The highest BCUT2D eigenvalue weighted by molar-refractivity contribution is 7.16. The van der Waals surface area contributed by atoms with Gasteiger partial charge in [-0.2, -0.15) is 10.2 Å². The molecule has 0 saturated heterocycles. The van der Waals surface area contributed by atoms with E-state index in [0.717, 1.165) is 35.1 Å². The second-order valence-corrected chi connectivity index (χ2v) is 6.56. The number of nitrogens with one attached hydrogen (secondary N) is 1. The van der Waals surface area contributed by atoms with E-state index in [-0.39, 0.29) is 6.04 Å². The summed E-state index contributed by atoms with van der Waals surface area (Å²) in [5.41, 5.74) is 3.29. The van der Waals surface area contributed by atoms with Gasteiger partial charge < -0.3 is 5.32 Å². The summed E-state index contributed by atoms with van der Waals surface area (Å²) in [6.45, 7) is 7.16. The van der Waals surface area contributed by atoms with E-state index in [1.807, 2.05) is 13.0 Å². The van der Waals surface area contributed by atoms with Crippen LogP contribution in [-0.4, -0.2) is 16.7 Å². The Labute approximate surface area is 129 Å². The molecule has 0 spiro atoms. The average Bonchev–Trinajstić information content (AvgIpc) is 2.84. The summed E-state index contributed by atoms with van der Waals surface area (Å²) in [6, 6.07) is 6.47. The van der Waals surface area contributed by atoms with Crippen LogP contribution in [0.15, 0.2) is 18.2 Å². The van der Waals surface area contributed by atoms with E-state index >= 15 is 0 Å². The van der Waals surface area contributed by atoms with Crippen LogP contribution in [0.2, 0.25) is 4.34 Å². The Hall–Kier alpha value is -0.970. The minimum Gasteiger partial charge on any atom is -0.310 e. The molecule has 1 atom stereocenters. The molecule has 0 fully saturated rings. The molecule has 3 nitrogen and oxygen atoms in total. The van der Waals surface area contributed by atoms with Crippen molar-refractivity contribution in [1.29, 1.82) is 0 Å². The number of likely N-dealkylation sites (N-methyl/N-ethyl adjacent to an activating group) is 1. The van der Waals surface area contributed by atoms with Crippen LogP contribution in [0, 0.1) is 6.92 Å². The standard InChI is InChI=1S/C15H20ClN3S/c1-4-13-12(8-10(3)18-19-13)14(17-5-2)9-11-6-7-15(16)20-11/h6-8,14,17H,4-5,9H2,1-3H3. The first-order valence-corrected chi connectivity index (χ1v) is 8.14. The van der Waals surface area contributed by atoms with Gasteiger partial charge in [0.2, 0.25) is 0 Å². The van der Waals surface area contributed by atoms with Crippen LogP contribution >= 0.6 is 22.9 Å². The lowest BCUT2D eigenvalue weighted by atomic mass is 9.99. The molecule has 20 heavy (non-hydrogen) atoms. The van der Waals surface area contributed by atoms with Gasteiger partial charge in [-0.25, -0.2) is 0 Å². The van der Waals surface area contributed by atoms with Gasteiger partial charge in [0.25, 0.3) is 0 Å². The molecule has 2 aromatic rings. The molecule has 2 heterocycles. The summed E-state index contributed by atoms with van der Waals surface area (Å²) in [5, 5.41) is 12.1. The molecule has 0 saturated carbocycles. The first-order chi connectivity index (χ1) is 9.63. The second kappa shape index (κ2) is 7.16. The maximum absolute atomic E-state index is 6.03. The van der Waals surface area contributed by atoms with Crippen LogP contribution in [0.1, 0.15) is 41.7 Å². The van der Waals surface area contributed by atoms with E-state index in [2.05, 4.69) is 41.5 Å². The summed E-state index contributed by atoms with van der Waals surface area (Å²) in [6.07, 6.45) is 1.83. The van der Waals surface area contributed by atoms with E-state index in [9.17, 15) is 0 Å². The number of thiophene rings is 1. The van der Waals surface area contributed by atoms with Crippen molar-refractivity contribution in [1.82, 2.24) is 15.5 Å². The molecule has 108 valence electrons. The van der Waals surface area contributed by atoms with Crippen LogP contribution in [0.3, 0.4) is 0 Å². The summed E-state index contributed by atoms with van der Waals surface area (Å²) in [7, 11) is 0. The molecule has 0 aliphatic heterocycles. The van der Waals surface area contributed by atoms with Crippen LogP contribution in [0.5, 0.6) is 0 Å². The van der Waals surface area contributed by atoms with Crippen molar-refractivity contribution in [3.8, 4) is 0 Å². The van der Waals surface area contributed by atoms with Crippen molar-refractivity contribution >= 4 is 22.9 Å². The zero-order chi connectivity index (χ0) is 14.5. The van der Waals surface area contributed by atoms with E-state index in [0.29, 0.717) is 0 Å². The number of nitrogens with zero attached hydrogens (tertiary/aromatic N) is 2. The Morgan fingerprint density at radius 1 is 1.30 bits per heavy atom. The third-order valence-electron chi connectivity index (χ3n) is 3.22. The normalized spacial score (nSPS) is 12.6. The molecule has 0 aliphatic rings. The third-order valence-corrected chi connectivity index (χ3v) is 4.47. The van der Waals surface area contributed by atoms with Crippen LogP contribution in [0.4, 0.5) is 0 Å². The van der Waals surface area contributed by atoms with Crippen molar-refractivity contribution in [2.24, 2.45) is 0 Å². The molecule has 0 radical (unpaired) electrons. The second-order valence-electron chi connectivity index (χ2n) is 4.76. The maximum atomic E-state index is 6.03. The molecular formula is C15H20ClN3S. The Morgan fingerprint density at radius 2 is 2.10 bits per heavy atom. The number of aromatic nitrogens is 2. The minimum atomic E-state index is 0.263. The fourth-order valence-electron chi connectivity index (χ4n) is 2.31. The Morgan fingerprint density at radius 3 is 2.70 bits per heavy atom. The van der Waals surface area contributed by atoms with Gasteiger partial charge in [0.1, 0.15) is 0 Å². The SMILES string of the molecule is CCNC(Cc1ccc(Cl)s1)c1cc(C)nnc1CC. The molecule has 2 aromatic heterocycles. The first-order valence-electron chi connectivity index (χ1n) is 6.94. The summed E-state index contributed by atoms with van der Waals surface area (Å²) in [4.78, 5) is 1.29. The molecule has 0 aromatic carbocycles. The van der Waals surface area contributed by atoms with Crippen molar-refractivity contribution in [3.63, 3.8) is 0 Å². The predicted octanol–water partition coefficient (Wildman–Crippen LogP) is 3.96. The molecule has 0 bridgehead atoms. The van der Waals surface area contributed by atoms with E-state index in [1.165, 1.54) is 10.4 Å². The summed E-state index contributed by atoms with van der Waals surface area (Å²) < 4.78 is 0.843. The van der Waals surface area contributed by atoms with Gasteiger partial charge in [0.05, 0.1) is 15.7 Å². The highest BCUT2D eigenvalue weighted by atomic mass is 35.5. The number of hydrogen-bond donors (Lipinski definition) is 1. The Balaban J connectivity index is 2.30. The van der Waals surface area contributed by atoms with Gasteiger partial charge in [0, 0.05) is 17.3 Å². The lowest BCUT2D eigenvalue weighted by Crippen LogP contribution is -2.24. The fourth-order valence-corrected chi connectivity index (χ4v) is 3.44. The van der Waals surface area contributed by atoms with Crippen molar-refractivity contribution in [2.45, 2.75) is 39.7 Å². The molecule has 0 amide bonds. The van der Waals surface area contributed by atoms with E-state index in [1.54, 1.807) is 11.3 Å². The minimum absolute atomic E-state index is 0.263. The van der Waals surface area contributed by atoms with Gasteiger partial charge in [-0.15, -0.1) is 11.3 Å². The monoisotopic (exact) mass is 309 g/mol. The Bertz CT molecular complexity index is 568. The molecular weight excluding hydrogens is 290 g/mol. The topological polar surface area (TPSA) is 37.8 Å². The zero-order valence-corrected chi connectivity index (χ0v) is 13.7. The third kappa shape index (κ3) is 3.78. The average molecular weight is 310 g/mol. The number of halogens is 1. The van der Waals surface area contributed by atoms with E-state index in [4.69, 9.17) is 11.6 Å². The molecule has 1 unspecified atom stereocenters. The van der Waals surface area contributed by atoms with Gasteiger partial charge in [0.15, 0.2) is 0 Å². The number of hydrogen-bond acceptors (Lipinski definition) is 4. The van der Waals surface area contributed by atoms with Gasteiger partial charge in [-0.1, -0.05) is 25.4 Å².